The molecule has 21 heavy (non-hydrogen) atoms. The van der Waals surface area contributed by atoms with Gasteiger partial charge in [0.15, 0.2) is 0 Å². The van der Waals surface area contributed by atoms with Gasteiger partial charge in [-0.25, -0.2) is 0 Å². The molecule has 1 aliphatic heterocycles. The van der Waals surface area contributed by atoms with Crippen molar-refractivity contribution in [3.63, 3.8) is 0 Å². The zero-order valence-electron chi connectivity index (χ0n) is 11.5. The maximum absolute atomic E-state index is 12.3. The maximum Gasteiger partial charge on any atom is 0.234 e. The average molecular weight is 318 g/mol. The summed E-state index contributed by atoms with van der Waals surface area (Å²) >= 11 is 7.42. The number of rotatable bonds is 4. The molecule has 108 valence electrons. The molecule has 1 unspecified atom stereocenters. The van der Waals surface area contributed by atoms with Crippen LogP contribution in [0.25, 0.3) is 0 Å². The lowest BCUT2D eigenvalue weighted by Gasteiger charge is -2.10. The highest BCUT2D eigenvalue weighted by Gasteiger charge is 2.27. The topological polar surface area (TPSA) is 29.1 Å². The first-order valence-corrected chi connectivity index (χ1v) is 8.34. The van der Waals surface area contributed by atoms with Crippen LogP contribution in [0.2, 0.25) is 0 Å². The van der Waals surface area contributed by atoms with Gasteiger partial charge >= 0.3 is 0 Å². The van der Waals surface area contributed by atoms with Crippen LogP contribution in [0.4, 0.5) is 0 Å². The van der Waals surface area contributed by atoms with Gasteiger partial charge in [0.2, 0.25) is 5.91 Å². The summed E-state index contributed by atoms with van der Waals surface area (Å²) in [6.07, 6.45) is 0.817. The molecule has 0 fully saturated rings. The van der Waals surface area contributed by atoms with E-state index in [1.54, 1.807) is 11.8 Å². The lowest BCUT2D eigenvalue weighted by molar-refractivity contribution is -0.120. The van der Waals surface area contributed by atoms with Crippen LogP contribution in [-0.2, 0) is 23.6 Å². The normalized spacial score (nSPS) is 16.5. The fourth-order valence-corrected chi connectivity index (χ4v) is 3.78. The number of nitrogens with one attached hydrogen (secondary N) is 1. The summed E-state index contributed by atoms with van der Waals surface area (Å²) in [4.78, 5) is 13.5. The van der Waals surface area contributed by atoms with E-state index in [1.165, 1.54) is 10.5 Å². The minimum Gasteiger partial charge on any atom is -0.351 e. The number of thioether (sulfide) groups is 1. The molecule has 4 heteroatoms. The van der Waals surface area contributed by atoms with Gasteiger partial charge in [-0.1, -0.05) is 42.5 Å². The second-order valence-corrected chi connectivity index (χ2v) is 6.60. The Labute approximate surface area is 133 Å². The van der Waals surface area contributed by atoms with Crippen molar-refractivity contribution in [1.29, 1.82) is 0 Å². The van der Waals surface area contributed by atoms with E-state index in [0.717, 1.165) is 17.5 Å². The third-order valence-electron chi connectivity index (χ3n) is 3.58. The van der Waals surface area contributed by atoms with Gasteiger partial charge in [0.25, 0.3) is 0 Å². The molecule has 2 aromatic carbocycles. The first-order chi connectivity index (χ1) is 10.3. The Kier molecular flexibility index (Phi) is 4.51. The first-order valence-electron chi connectivity index (χ1n) is 6.92. The van der Waals surface area contributed by atoms with E-state index in [-0.39, 0.29) is 11.2 Å². The fourth-order valence-electron chi connectivity index (χ4n) is 2.38. The molecule has 0 aromatic heterocycles. The molecule has 2 nitrogen and oxygen atoms in total. The van der Waals surface area contributed by atoms with E-state index in [0.29, 0.717) is 12.4 Å². The predicted octanol–water partition coefficient (Wildman–Crippen LogP) is 3.76. The summed E-state index contributed by atoms with van der Waals surface area (Å²) < 4.78 is 0. The molecule has 1 aliphatic rings. The van der Waals surface area contributed by atoms with Gasteiger partial charge < -0.3 is 5.32 Å². The summed E-state index contributed by atoms with van der Waals surface area (Å²) in [5.41, 5.74) is 3.46. The van der Waals surface area contributed by atoms with Gasteiger partial charge in [-0.2, -0.15) is 0 Å². The lowest BCUT2D eigenvalue weighted by Crippen LogP contribution is -2.31. The van der Waals surface area contributed by atoms with Gasteiger partial charge in [0.05, 0.1) is 5.25 Å². The minimum absolute atomic E-state index is 0.00971. The van der Waals surface area contributed by atoms with E-state index < -0.39 is 0 Å². The molecule has 0 radical (unpaired) electrons. The molecule has 0 saturated carbocycles. The highest BCUT2D eigenvalue weighted by atomic mass is 35.5. The summed E-state index contributed by atoms with van der Waals surface area (Å²) in [7, 11) is 0. The summed E-state index contributed by atoms with van der Waals surface area (Å²) in [6, 6.07) is 16.2. The van der Waals surface area contributed by atoms with Gasteiger partial charge in [-0.15, -0.1) is 23.4 Å². The third-order valence-corrected chi connectivity index (χ3v) is 5.21. The molecular weight excluding hydrogens is 302 g/mol. The first kappa shape index (κ1) is 14.5. The van der Waals surface area contributed by atoms with Crippen LogP contribution in [0.5, 0.6) is 0 Å². The second-order valence-electron chi connectivity index (χ2n) is 5.09. The van der Waals surface area contributed by atoms with Crippen molar-refractivity contribution in [3.05, 3.63) is 65.2 Å². The lowest BCUT2D eigenvalue weighted by atomic mass is 10.1. The molecule has 2 aromatic rings. The van der Waals surface area contributed by atoms with Gasteiger partial charge in [0.1, 0.15) is 0 Å². The van der Waals surface area contributed by atoms with Crippen molar-refractivity contribution in [1.82, 2.24) is 5.32 Å². The van der Waals surface area contributed by atoms with Crippen LogP contribution >= 0.6 is 23.4 Å². The van der Waals surface area contributed by atoms with Crippen LogP contribution in [0, 0.1) is 0 Å². The molecule has 0 saturated heterocycles. The summed E-state index contributed by atoms with van der Waals surface area (Å²) in [5, 5.41) is 3.01. The average Bonchev–Trinajstić information content (AvgIpc) is 2.97. The molecule has 1 N–H and O–H groups in total. The second kappa shape index (κ2) is 6.54. The molecule has 1 atom stereocenters. The van der Waals surface area contributed by atoms with E-state index in [4.69, 9.17) is 11.6 Å². The smallest absolute Gasteiger partial charge is 0.234 e. The number of alkyl halides is 1. The Hall–Kier alpha value is -1.45. The van der Waals surface area contributed by atoms with Gasteiger partial charge in [-0.3, -0.25) is 4.79 Å². The van der Waals surface area contributed by atoms with Crippen molar-refractivity contribution >= 4 is 29.3 Å². The Balaban J connectivity index is 1.55. The van der Waals surface area contributed by atoms with Crippen LogP contribution < -0.4 is 5.32 Å². The van der Waals surface area contributed by atoms with Crippen LogP contribution in [0.15, 0.2) is 53.4 Å². The zero-order chi connectivity index (χ0) is 14.7. The number of halogens is 1. The van der Waals surface area contributed by atoms with Crippen LogP contribution in [0.3, 0.4) is 0 Å². The van der Waals surface area contributed by atoms with Gasteiger partial charge in [0, 0.05) is 17.3 Å². The number of carbonyl (C=O) groups is 1. The number of hydrogen-bond acceptors (Lipinski definition) is 2. The molecule has 0 aliphatic carbocycles. The molecule has 1 amide bonds. The summed E-state index contributed by atoms with van der Waals surface area (Å²) in [5.74, 6) is 0.626. The Morgan fingerprint density at radius 3 is 2.57 bits per heavy atom. The predicted molar refractivity (Wildman–Crippen MR) is 87.6 cm³/mol. The molecular formula is C17H16ClNOS. The van der Waals surface area contributed by atoms with Gasteiger partial charge in [-0.05, 0) is 29.2 Å². The van der Waals surface area contributed by atoms with Crippen molar-refractivity contribution in [2.24, 2.45) is 0 Å². The Bertz CT molecular complexity index is 616. The Morgan fingerprint density at radius 2 is 1.86 bits per heavy atom. The zero-order valence-corrected chi connectivity index (χ0v) is 13.1. The minimum atomic E-state index is -0.00971. The highest BCUT2D eigenvalue weighted by Crippen LogP contribution is 2.36. The van der Waals surface area contributed by atoms with Crippen LogP contribution in [0.1, 0.15) is 16.7 Å². The van der Waals surface area contributed by atoms with E-state index in [1.807, 2.05) is 36.4 Å². The largest absolute Gasteiger partial charge is 0.351 e. The monoisotopic (exact) mass is 317 g/mol. The molecule has 1 heterocycles. The third kappa shape index (κ3) is 3.42. The highest BCUT2D eigenvalue weighted by molar-refractivity contribution is 8.01. The van der Waals surface area contributed by atoms with E-state index in [9.17, 15) is 4.79 Å². The number of amides is 1. The number of benzene rings is 2. The van der Waals surface area contributed by atoms with Crippen molar-refractivity contribution in [2.45, 2.75) is 29.0 Å². The number of carbonyl (C=O) groups excluding carboxylic acids is 1. The van der Waals surface area contributed by atoms with Crippen LogP contribution in [-0.4, -0.2) is 11.2 Å². The fraction of sp³-hybridized carbons (Fsp3) is 0.235. The maximum atomic E-state index is 12.3. The van der Waals surface area contributed by atoms with Crippen molar-refractivity contribution in [2.75, 3.05) is 0 Å². The standard InChI is InChI=1S/C17H16ClNOS/c18-10-12-5-7-13(8-6-12)11-19-17(20)16-9-14-3-1-2-4-15(14)21-16/h1-8,16H,9-11H2,(H,19,20). The van der Waals surface area contributed by atoms with Crippen molar-refractivity contribution < 1.29 is 4.79 Å². The summed E-state index contributed by atoms with van der Waals surface area (Å²) in [6.45, 7) is 0.564. The Morgan fingerprint density at radius 1 is 1.14 bits per heavy atom. The molecule has 0 spiro atoms. The van der Waals surface area contributed by atoms with E-state index in [2.05, 4.69) is 17.4 Å². The van der Waals surface area contributed by atoms with Crippen molar-refractivity contribution in [3.8, 4) is 0 Å². The molecule has 0 bridgehead atoms. The number of hydrogen-bond donors (Lipinski definition) is 1. The quantitative estimate of drug-likeness (QED) is 0.870. The SMILES string of the molecule is O=C(NCc1ccc(CCl)cc1)C1Cc2ccccc2S1. The van der Waals surface area contributed by atoms with E-state index >= 15 is 0 Å². The number of fused-ring (bicyclic) bond motifs is 1. The molecule has 3 rings (SSSR count).